The highest BCUT2D eigenvalue weighted by Gasteiger charge is 2.25. The van der Waals surface area contributed by atoms with Crippen molar-refractivity contribution in [3.05, 3.63) is 35.7 Å². The fraction of sp³-hybridized carbons (Fsp3) is 0.421. The number of aryl methyl sites for hydroxylation is 2. The van der Waals surface area contributed by atoms with Gasteiger partial charge in [-0.2, -0.15) is 5.10 Å². The Balaban J connectivity index is 1.94. The van der Waals surface area contributed by atoms with Crippen molar-refractivity contribution < 1.29 is 19.2 Å². The molecule has 1 aromatic heterocycles. The average molecular weight is 374 g/mol. The Morgan fingerprint density at radius 2 is 2.00 bits per heavy atom. The van der Waals surface area contributed by atoms with Crippen molar-refractivity contribution >= 4 is 23.2 Å². The molecule has 1 unspecified atom stereocenters. The molecule has 2 aromatic rings. The summed E-state index contributed by atoms with van der Waals surface area (Å²) < 4.78 is 6.88. The van der Waals surface area contributed by atoms with Gasteiger partial charge in [0.2, 0.25) is 0 Å². The van der Waals surface area contributed by atoms with E-state index in [-0.39, 0.29) is 18.4 Å². The van der Waals surface area contributed by atoms with Crippen molar-refractivity contribution in [2.24, 2.45) is 7.05 Å². The molecule has 0 aliphatic carbocycles. The van der Waals surface area contributed by atoms with E-state index < -0.39 is 6.04 Å². The third-order valence-corrected chi connectivity index (χ3v) is 4.68. The first-order valence-electron chi connectivity index (χ1n) is 8.80. The SMILES string of the molecule is COc1cccc(NC(=O)C[NH+](C)[C@@H](C)C(=O)Nc2c(C)nn(C)c2C)c1. The molecule has 1 aromatic carbocycles. The van der Waals surface area contributed by atoms with Crippen LogP contribution in [0.25, 0.3) is 0 Å². The van der Waals surface area contributed by atoms with Gasteiger partial charge in [0.1, 0.15) is 5.75 Å². The lowest BCUT2D eigenvalue weighted by molar-refractivity contribution is -0.885. The summed E-state index contributed by atoms with van der Waals surface area (Å²) in [5, 5.41) is 10.1. The molecule has 0 radical (unpaired) electrons. The number of hydrogen-bond donors (Lipinski definition) is 3. The van der Waals surface area contributed by atoms with Gasteiger partial charge in [-0.3, -0.25) is 14.3 Å². The van der Waals surface area contributed by atoms with Crippen LogP contribution in [0.3, 0.4) is 0 Å². The summed E-state index contributed by atoms with van der Waals surface area (Å²) in [5.41, 5.74) is 3.04. The smallest absolute Gasteiger partial charge is 0.282 e. The van der Waals surface area contributed by atoms with E-state index in [0.717, 1.165) is 22.0 Å². The molecule has 0 fully saturated rings. The van der Waals surface area contributed by atoms with Crippen molar-refractivity contribution in [2.45, 2.75) is 26.8 Å². The van der Waals surface area contributed by atoms with Gasteiger partial charge < -0.3 is 20.3 Å². The molecule has 1 heterocycles. The van der Waals surface area contributed by atoms with Gasteiger partial charge in [-0.15, -0.1) is 0 Å². The summed E-state index contributed by atoms with van der Waals surface area (Å²) >= 11 is 0. The summed E-state index contributed by atoms with van der Waals surface area (Å²) in [6, 6.07) is 6.75. The fourth-order valence-corrected chi connectivity index (χ4v) is 2.72. The number of quaternary nitrogens is 1. The van der Waals surface area contributed by atoms with Gasteiger partial charge in [-0.05, 0) is 32.9 Å². The predicted molar refractivity (Wildman–Crippen MR) is 104 cm³/mol. The third-order valence-electron chi connectivity index (χ3n) is 4.68. The first-order chi connectivity index (χ1) is 12.7. The predicted octanol–water partition coefficient (Wildman–Crippen LogP) is 0.526. The van der Waals surface area contributed by atoms with Gasteiger partial charge in [0, 0.05) is 18.8 Å². The molecule has 27 heavy (non-hydrogen) atoms. The summed E-state index contributed by atoms with van der Waals surface area (Å²) in [5.74, 6) is 0.346. The van der Waals surface area contributed by atoms with Crippen molar-refractivity contribution in [1.82, 2.24) is 9.78 Å². The van der Waals surface area contributed by atoms with Crippen LogP contribution in [-0.2, 0) is 16.6 Å². The van der Waals surface area contributed by atoms with Gasteiger partial charge in [0.15, 0.2) is 12.6 Å². The van der Waals surface area contributed by atoms with E-state index in [2.05, 4.69) is 15.7 Å². The zero-order valence-corrected chi connectivity index (χ0v) is 16.7. The number of aromatic nitrogens is 2. The Morgan fingerprint density at radius 1 is 1.30 bits per heavy atom. The molecular formula is C19H28N5O3+. The van der Waals surface area contributed by atoms with Crippen molar-refractivity contribution in [3.8, 4) is 5.75 Å². The molecule has 8 heteroatoms. The third kappa shape index (κ3) is 5.07. The number of hydrogen-bond acceptors (Lipinski definition) is 4. The van der Waals surface area contributed by atoms with Crippen LogP contribution in [0.1, 0.15) is 18.3 Å². The number of amides is 2. The lowest BCUT2D eigenvalue weighted by Gasteiger charge is -2.20. The number of methoxy groups -OCH3 is 1. The standard InChI is InChI=1S/C19H27N5O3/c1-12-18(13(2)24(5)22-12)21-19(26)14(3)23(4)11-17(25)20-15-8-7-9-16(10-15)27-6/h7-10,14H,11H2,1-6H3,(H,20,25)(H,21,26)/p+1/t14-/m0/s1. The van der Waals surface area contributed by atoms with E-state index in [1.54, 1.807) is 36.9 Å². The minimum atomic E-state index is -0.403. The molecule has 0 bridgehead atoms. The number of nitrogens with one attached hydrogen (secondary N) is 3. The normalized spacial score (nSPS) is 13.0. The van der Waals surface area contributed by atoms with Crippen LogP contribution in [0.4, 0.5) is 11.4 Å². The van der Waals surface area contributed by atoms with E-state index in [1.165, 1.54) is 0 Å². The molecule has 2 atom stereocenters. The molecule has 0 saturated carbocycles. The quantitative estimate of drug-likeness (QED) is 0.659. The molecular weight excluding hydrogens is 346 g/mol. The van der Waals surface area contributed by atoms with Crippen molar-refractivity contribution in [2.75, 3.05) is 31.3 Å². The minimum Gasteiger partial charge on any atom is -0.497 e. The largest absolute Gasteiger partial charge is 0.497 e. The lowest BCUT2D eigenvalue weighted by atomic mass is 10.2. The topological polar surface area (TPSA) is 89.7 Å². The van der Waals surface area contributed by atoms with Gasteiger partial charge in [0.05, 0.1) is 31.2 Å². The number of carbonyl (C=O) groups is 2. The number of nitrogens with zero attached hydrogens (tertiary/aromatic N) is 2. The molecule has 146 valence electrons. The van der Waals surface area contributed by atoms with Crippen LogP contribution >= 0.6 is 0 Å². The number of likely N-dealkylation sites (N-methyl/N-ethyl adjacent to an activating group) is 1. The Hall–Kier alpha value is -2.87. The Labute approximate surface area is 159 Å². The van der Waals surface area contributed by atoms with E-state index in [4.69, 9.17) is 4.74 Å². The van der Waals surface area contributed by atoms with Crippen LogP contribution in [0.2, 0.25) is 0 Å². The summed E-state index contributed by atoms with van der Waals surface area (Å²) in [4.78, 5) is 25.7. The highest BCUT2D eigenvalue weighted by molar-refractivity contribution is 5.95. The highest BCUT2D eigenvalue weighted by atomic mass is 16.5. The first kappa shape index (κ1) is 20.4. The Bertz CT molecular complexity index is 831. The van der Waals surface area contributed by atoms with Crippen LogP contribution in [0.5, 0.6) is 5.75 Å². The van der Waals surface area contributed by atoms with Crippen molar-refractivity contribution in [1.29, 1.82) is 0 Å². The van der Waals surface area contributed by atoms with E-state index in [0.29, 0.717) is 11.4 Å². The lowest BCUT2D eigenvalue weighted by Crippen LogP contribution is -3.14. The van der Waals surface area contributed by atoms with Gasteiger partial charge in [-0.1, -0.05) is 6.07 Å². The van der Waals surface area contributed by atoms with E-state index in [1.807, 2.05) is 34.0 Å². The molecule has 2 amide bonds. The monoisotopic (exact) mass is 374 g/mol. The van der Waals surface area contributed by atoms with Gasteiger partial charge in [0.25, 0.3) is 11.8 Å². The molecule has 0 aliphatic rings. The molecule has 3 N–H and O–H groups in total. The molecule has 8 nitrogen and oxygen atoms in total. The minimum absolute atomic E-state index is 0.152. The van der Waals surface area contributed by atoms with Crippen LogP contribution in [-0.4, -0.2) is 48.3 Å². The van der Waals surface area contributed by atoms with E-state index in [9.17, 15) is 9.59 Å². The maximum Gasteiger partial charge on any atom is 0.282 e. The van der Waals surface area contributed by atoms with Crippen LogP contribution < -0.4 is 20.3 Å². The maximum atomic E-state index is 12.6. The number of ether oxygens (including phenoxy) is 1. The van der Waals surface area contributed by atoms with Crippen LogP contribution in [0.15, 0.2) is 24.3 Å². The first-order valence-corrected chi connectivity index (χ1v) is 8.80. The molecule has 0 spiro atoms. The Morgan fingerprint density at radius 3 is 2.59 bits per heavy atom. The summed E-state index contributed by atoms with van der Waals surface area (Å²) in [7, 11) is 5.23. The number of anilines is 2. The molecule has 0 aliphatic heterocycles. The maximum absolute atomic E-state index is 12.6. The second-order valence-electron chi connectivity index (χ2n) is 6.68. The van der Waals surface area contributed by atoms with E-state index >= 15 is 0 Å². The van der Waals surface area contributed by atoms with Gasteiger partial charge >= 0.3 is 0 Å². The average Bonchev–Trinajstić information content (AvgIpc) is 2.87. The zero-order valence-electron chi connectivity index (χ0n) is 16.7. The number of carbonyl (C=O) groups excluding carboxylic acids is 2. The summed E-state index contributed by atoms with van der Waals surface area (Å²) in [6.07, 6.45) is 0. The van der Waals surface area contributed by atoms with Crippen molar-refractivity contribution in [3.63, 3.8) is 0 Å². The summed E-state index contributed by atoms with van der Waals surface area (Å²) in [6.45, 7) is 5.71. The van der Waals surface area contributed by atoms with Gasteiger partial charge in [-0.25, -0.2) is 0 Å². The van der Waals surface area contributed by atoms with Crippen LogP contribution in [0, 0.1) is 13.8 Å². The Kier molecular flexibility index (Phi) is 6.57. The fourth-order valence-electron chi connectivity index (χ4n) is 2.72. The molecule has 0 saturated heterocycles. The number of rotatable bonds is 7. The molecule has 2 rings (SSSR count). The second kappa shape index (κ2) is 8.68. The number of benzene rings is 1. The zero-order chi connectivity index (χ0) is 20.1. The second-order valence-corrected chi connectivity index (χ2v) is 6.68. The highest BCUT2D eigenvalue weighted by Crippen LogP contribution is 2.18.